The Hall–Kier alpha value is -1.14. The van der Waals surface area contributed by atoms with E-state index in [1.807, 2.05) is 11.8 Å². The number of nitrogens with two attached hydrogens (primary N) is 2. The molecule has 0 aliphatic carbocycles. The van der Waals surface area contributed by atoms with Gasteiger partial charge in [0, 0.05) is 6.04 Å². The minimum Gasteiger partial charge on any atom is -0.351 e. The van der Waals surface area contributed by atoms with Crippen molar-refractivity contribution in [3.8, 4) is 0 Å². The predicted octanol–water partition coefficient (Wildman–Crippen LogP) is -0.759. The van der Waals surface area contributed by atoms with Gasteiger partial charge in [-0.25, -0.2) is 4.79 Å². The smallest absolute Gasteiger partial charge is 0.318 e. The van der Waals surface area contributed by atoms with Crippen LogP contribution in [0.2, 0.25) is 0 Å². The molecular weight excluding hydrogens is 208 g/mol. The highest BCUT2D eigenvalue weighted by Gasteiger charge is 2.23. The van der Waals surface area contributed by atoms with E-state index in [1.54, 1.807) is 0 Å². The lowest BCUT2D eigenvalue weighted by molar-refractivity contribution is -0.121. The van der Waals surface area contributed by atoms with Crippen LogP contribution in [0.1, 0.15) is 19.8 Å². The first kappa shape index (κ1) is 12.9. The van der Waals surface area contributed by atoms with Crippen LogP contribution in [0.5, 0.6) is 0 Å². The van der Waals surface area contributed by atoms with Crippen LogP contribution in [-0.4, -0.2) is 42.5 Å². The molecule has 3 amide bonds. The van der Waals surface area contributed by atoms with Gasteiger partial charge in [0.2, 0.25) is 5.91 Å². The van der Waals surface area contributed by atoms with E-state index in [1.165, 1.54) is 0 Å². The fourth-order valence-electron chi connectivity index (χ4n) is 2.02. The molecule has 92 valence electrons. The molecule has 0 aromatic rings. The summed E-state index contributed by atoms with van der Waals surface area (Å²) in [7, 11) is 0. The second-order valence-corrected chi connectivity index (χ2v) is 4.39. The van der Waals surface area contributed by atoms with Gasteiger partial charge in [0.25, 0.3) is 0 Å². The molecule has 1 fully saturated rings. The van der Waals surface area contributed by atoms with Crippen LogP contribution in [0.4, 0.5) is 4.79 Å². The predicted molar refractivity (Wildman–Crippen MR) is 60.5 cm³/mol. The zero-order valence-corrected chi connectivity index (χ0v) is 9.61. The van der Waals surface area contributed by atoms with Gasteiger partial charge < -0.3 is 11.5 Å². The van der Waals surface area contributed by atoms with Crippen LogP contribution < -0.4 is 16.8 Å². The number of likely N-dealkylation sites (tertiary alicyclic amines) is 1. The summed E-state index contributed by atoms with van der Waals surface area (Å²) in [4.78, 5) is 23.7. The normalized spacial score (nSPS) is 20.4. The number of carbonyl (C=O) groups is 2. The summed E-state index contributed by atoms with van der Waals surface area (Å²) in [6.45, 7) is 3.94. The van der Waals surface area contributed by atoms with Gasteiger partial charge in [-0.2, -0.15) is 0 Å². The Bertz CT molecular complexity index is 260. The van der Waals surface area contributed by atoms with Gasteiger partial charge in [0.15, 0.2) is 0 Å². The van der Waals surface area contributed by atoms with E-state index in [2.05, 4.69) is 5.32 Å². The largest absolute Gasteiger partial charge is 0.351 e. The second kappa shape index (κ2) is 5.81. The Balaban J connectivity index is 2.26. The SMILES string of the molecule is CC(N)C1CCN(CC(=O)NC(N)=O)CC1. The molecule has 0 saturated carbocycles. The molecule has 6 heteroatoms. The highest BCUT2D eigenvalue weighted by Crippen LogP contribution is 2.18. The average molecular weight is 228 g/mol. The zero-order valence-electron chi connectivity index (χ0n) is 9.61. The number of primary amides is 1. The minimum atomic E-state index is -0.796. The van der Waals surface area contributed by atoms with E-state index >= 15 is 0 Å². The number of imide groups is 1. The molecule has 1 unspecified atom stereocenters. The molecule has 0 spiro atoms. The lowest BCUT2D eigenvalue weighted by Gasteiger charge is -2.33. The van der Waals surface area contributed by atoms with Gasteiger partial charge in [-0.3, -0.25) is 15.0 Å². The highest BCUT2D eigenvalue weighted by atomic mass is 16.2. The number of carbonyl (C=O) groups excluding carboxylic acids is 2. The van der Waals surface area contributed by atoms with Crippen molar-refractivity contribution in [1.29, 1.82) is 0 Å². The zero-order chi connectivity index (χ0) is 12.1. The van der Waals surface area contributed by atoms with Gasteiger partial charge in [-0.15, -0.1) is 0 Å². The Morgan fingerprint density at radius 2 is 2.00 bits per heavy atom. The van der Waals surface area contributed by atoms with Crippen LogP contribution in [0.15, 0.2) is 0 Å². The van der Waals surface area contributed by atoms with E-state index in [0.717, 1.165) is 25.9 Å². The lowest BCUT2D eigenvalue weighted by atomic mass is 9.91. The quantitative estimate of drug-likeness (QED) is 0.591. The number of rotatable bonds is 3. The van der Waals surface area contributed by atoms with Crippen molar-refractivity contribution < 1.29 is 9.59 Å². The van der Waals surface area contributed by atoms with E-state index < -0.39 is 6.03 Å². The van der Waals surface area contributed by atoms with Crippen molar-refractivity contribution in [3.05, 3.63) is 0 Å². The summed E-state index contributed by atoms with van der Waals surface area (Å²) in [6.07, 6.45) is 2.00. The molecule has 1 aliphatic rings. The molecule has 1 rings (SSSR count). The van der Waals surface area contributed by atoms with Gasteiger partial charge >= 0.3 is 6.03 Å². The second-order valence-electron chi connectivity index (χ2n) is 4.39. The Kier molecular flexibility index (Phi) is 4.70. The van der Waals surface area contributed by atoms with Crippen LogP contribution in [0, 0.1) is 5.92 Å². The molecule has 5 N–H and O–H groups in total. The first-order chi connectivity index (χ1) is 7.49. The number of piperidine rings is 1. The van der Waals surface area contributed by atoms with E-state index in [4.69, 9.17) is 11.5 Å². The Labute approximate surface area is 95.3 Å². The monoisotopic (exact) mass is 228 g/mol. The fourth-order valence-corrected chi connectivity index (χ4v) is 2.02. The maximum atomic E-state index is 11.3. The van der Waals surface area contributed by atoms with Crippen LogP contribution in [0.25, 0.3) is 0 Å². The summed E-state index contributed by atoms with van der Waals surface area (Å²) in [5, 5.41) is 2.06. The Morgan fingerprint density at radius 3 is 2.44 bits per heavy atom. The molecule has 16 heavy (non-hydrogen) atoms. The van der Waals surface area contributed by atoms with E-state index in [0.29, 0.717) is 5.92 Å². The molecule has 1 atom stereocenters. The number of nitrogens with zero attached hydrogens (tertiary/aromatic N) is 1. The maximum absolute atomic E-state index is 11.3. The van der Waals surface area contributed by atoms with E-state index in [-0.39, 0.29) is 18.5 Å². The fraction of sp³-hybridized carbons (Fsp3) is 0.800. The molecule has 0 aromatic carbocycles. The Morgan fingerprint density at radius 1 is 1.44 bits per heavy atom. The summed E-state index contributed by atoms with van der Waals surface area (Å²) >= 11 is 0. The van der Waals surface area contributed by atoms with Gasteiger partial charge in [0.05, 0.1) is 6.54 Å². The summed E-state index contributed by atoms with van der Waals surface area (Å²) in [5.41, 5.74) is 10.7. The van der Waals surface area contributed by atoms with Gasteiger partial charge in [-0.05, 0) is 38.8 Å². The van der Waals surface area contributed by atoms with Crippen molar-refractivity contribution in [3.63, 3.8) is 0 Å². The van der Waals surface area contributed by atoms with Crippen molar-refractivity contribution in [2.75, 3.05) is 19.6 Å². The third kappa shape index (κ3) is 4.16. The topological polar surface area (TPSA) is 101 Å². The standard InChI is InChI=1S/C10H20N4O2/c1-7(11)8-2-4-14(5-3-8)6-9(15)13-10(12)16/h7-8H,2-6,11H2,1H3,(H3,12,13,15,16). The number of hydrogen-bond acceptors (Lipinski definition) is 4. The minimum absolute atomic E-state index is 0.210. The molecule has 1 heterocycles. The molecule has 1 saturated heterocycles. The third-order valence-corrected chi connectivity index (χ3v) is 3.01. The number of urea groups is 1. The molecule has 0 bridgehead atoms. The van der Waals surface area contributed by atoms with Crippen molar-refractivity contribution in [1.82, 2.24) is 10.2 Å². The molecule has 1 aliphatic heterocycles. The van der Waals surface area contributed by atoms with Crippen LogP contribution in [-0.2, 0) is 4.79 Å². The molecular formula is C10H20N4O2. The number of nitrogens with one attached hydrogen (secondary N) is 1. The lowest BCUT2D eigenvalue weighted by Crippen LogP contribution is -2.46. The maximum Gasteiger partial charge on any atom is 0.318 e. The van der Waals surface area contributed by atoms with Crippen molar-refractivity contribution >= 4 is 11.9 Å². The van der Waals surface area contributed by atoms with E-state index in [9.17, 15) is 9.59 Å². The first-order valence-electron chi connectivity index (χ1n) is 5.56. The molecule has 0 aromatic heterocycles. The highest BCUT2D eigenvalue weighted by molar-refractivity contribution is 5.94. The number of hydrogen-bond donors (Lipinski definition) is 3. The third-order valence-electron chi connectivity index (χ3n) is 3.01. The van der Waals surface area contributed by atoms with Crippen molar-refractivity contribution in [2.24, 2.45) is 17.4 Å². The summed E-state index contributed by atoms with van der Waals surface area (Å²) < 4.78 is 0. The molecule has 0 radical (unpaired) electrons. The summed E-state index contributed by atoms with van der Waals surface area (Å²) in [6, 6.07) is -0.586. The van der Waals surface area contributed by atoms with Crippen molar-refractivity contribution in [2.45, 2.75) is 25.8 Å². The van der Waals surface area contributed by atoms with Crippen LogP contribution >= 0.6 is 0 Å². The average Bonchev–Trinajstić information content (AvgIpc) is 2.16. The van der Waals surface area contributed by atoms with Crippen LogP contribution in [0.3, 0.4) is 0 Å². The number of amides is 3. The summed E-state index contributed by atoms with van der Waals surface area (Å²) in [5.74, 6) is 0.196. The van der Waals surface area contributed by atoms with Gasteiger partial charge in [-0.1, -0.05) is 0 Å². The van der Waals surface area contributed by atoms with Gasteiger partial charge in [0.1, 0.15) is 0 Å². The first-order valence-corrected chi connectivity index (χ1v) is 5.56. The molecule has 6 nitrogen and oxygen atoms in total.